The number of halogens is 3. The van der Waals surface area contributed by atoms with Gasteiger partial charge in [-0.2, -0.15) is 0 Å². The molecule has 0 aliphatic carbocycles. The number of hydrogen-bond acceptors (Lipinski definition) is 2. The molecule has 3 rings (SSSR count). The molecule has 0 spiro atoms. The first-order chi connectivity index (χ1) is 11.9. The van der Waals surface area contributed by atoms with Gasteiger partial charge in [-0.3, -0.25) is 9.59 Å². The van der Waals surface area contributed by atoms with E-state index < -0.39 is 0 Å². The fraction of sp³-hybridized carbons (Fsp3) is 0.222. The summed E-state index contributed by atoms with van der Waals surface area (Å²) in [5, 5.41) is 3.53. The highest BCUT2D eigenvalue weighted by atomic mass is 35.5. The van der Waals surface area contributed by atoms with Crippen LogP contribution in [0.15, 0.2) is 42.5 Å². The van der Waals surface area contributed by atoms with E-state index in [0.29, 0.717) is 35.8 Å². The number of hydrogen-bond donors (Lipinski definition) is 1. The molecule has 2 amide bonds. The van der Waals surface area contributed by atoms with Crippen molar-refractivity contribution in [3.63, 3.8) is 0 Å². The molecular formula is C18H15Cl2FN2O2. The lowest BCUT2D eigenvalue weighted by Crippen LogP contribution is -2.31. The van der Waals surface area contributed by atoms with Crippen LogP contribution in [-0.4, -0.2) is 24.9 Å². The van der Waals surface area contributed by atoms with Crippen molar-refractivity contribution in [3.8, 4) is 0 Å². The van der Waals surface area contributed by atoms with Gasteiger partial charge >= 0.3 is 0 Å². The Morgan fingerprint density at radius 2 is 1.92 bits per heavy atom. The first-order valence-corrected chi connectivity index (χ1v) is 8.49. The second-order valence-corrected chi connectivity index (χ2v) is 6.73. The Balaban J connectivity index is 1.60. The first-order valence-electron chi connectivity index (χ1n) is 7.73. The minimum Gasteiger partial charge on any atom is -0.352 e. The predicted molar refractivity (Wildman–Crippen MR) is 95.7 cm³/mol. The molecule has 0 radical (unpaired) electrons. The molecule has 1 aliphatic heterocycles. The fourth-order valence-electron chi connectivity index (χ4n) is 2.79. The molecule has 1 saturated heterocycles. The van der Waals surface area contributed by atoms with E-state index in [9.17, 15) is 14.0 Å². The summed E-state index contributed by atoms with van der Waals surface area (Å²) in [6.07, 6.45) is 0.325. The number of nitrogens with zero attached hydrogens (tertiary/aromatic N) is 1. The Morgan fingerprint density at radius 1 is 1.20 bits per heavy atom. The van der Waals surface area contributed by atoms with Gasteiger partial charge in [-0.15, -0.1) is 0 Å². The summed E-state index contributed by atoms with van der Waals surface area (Å²) in [6.45, 7) is 0.820. The average molecular weight is 381 g/mol. The van der Waals surface area contributed by atoms with Crippen LogP contribution in [0.2, 0.25) is 10.0 Å². The lowest BCUT2D eigenvalue weighted by atomic mass is 10.1. The number of carbonyl (C=O) groups is 2. The van der Waals surface area contributed by atoms with E-state index in [1.54, 1.807) is 29.2 Å². The van der Waals surface area contributed by atoms with Gasteiger partial charge in [0.1, 0.15) is 5.82 Å². The molecule has 4 nitrogen and oxygen atoms in total. The van der Waals surface area contributed by atoms with E-state index in [2.05, 4.69) is 5.32 Å². The first kappa shape index (κ1) is 17.7. The maximum atomic E-state index is 13.0. The lowest BCUT2D eigenvalue weighted by molar-refractivity contribution is -0.117. The molecule has 1 aliphatic rings. The topological polar surface area (TPSA) is 49.4 Å². The molecule has 0 unspecified atom stereocenters. The average Bonchev–Trinajstić information content (AvgIpc) is 2.94. The van der Waals surface area contributed by atoms with Gasteiger partial charge in [0.2, 0.25) is 5.91 Å². The molecule has 1 fully saturated rings. The van der Waals surface area contributed by atoms with Crippen LogP contribution in [0, 0.1) is 11.7 Å². The number of carbonyl (C=O) groups excluding carboxylic acids is 2. The smallest absolute Gasteiger partial charge is 0.252 e. The van der Waals surface area contributed by atoms with Gasteiger partial charge in [-0.1, -0.05) is 23.2 Å². The fourth-order valence-corrected chi connectivity index (χ4v) is 3.29. The summed E-state index contributed by atoms with van der Waals surface area (Å²) in [6, 6.07) is 10.4. The molecule has 2 aromatic rings. The number of rotatable bonds is 4. The van der Waals surface area contributed by atoms with Crippen molar-refractivity contribution in [2.45, 2.75) is 6.42 Å². The van der Waals surface area contributed by atoms with Crippen molar-refractivity contribution in [2.24, 2.45) is 5.92 Å². The van der Waals surface area contributed by atoms with Gasteiger partial charge in [-0.25, -0.2) is 4.39 Å². The summed E-state index contributed by atoms with van der Waals surface area (Å²) < 4.78 is 13.0. The van der Waals surface area contributed by atoms with E-state index in [1.165, 1.54) is 18.2 Å². The number of anilines is 1. The minimum absolute atomic E-state index is 0.0208. The third-order valence-electron chi connectivity index (χ3n) is 4.07. The quantitative estimate of drug-likeness (QED) is 0.873. The van der Waals surface area contributed by atoms with E-state index in [-0.39, 0.29) is 28.6 Å². The van der Waals surface area contributed by atoms with Crippen molar-refractivity contribution in [1.29, 1.82) is 0 Å². The zero-order valence-electron chi connectivity index (χ0n) is 13.1. The second kappa shape index (κ2) is 7.42. The Hall–Kier alpha value is -2.11. The van der Waals surface area contributed by atoms with Gasteiger partial charge in [0.05, 0.1) is 10.6 Å². The molecule has 0 saturated carbocycles. The van der Waals surface area contributed by atoms with Crippen LogP contribution in [0.5, 0.6) is 0 Å². The maximum Gasteiger partial charge on any atom is 0.252 e. The summed E-state index contributed by atoms with van der Waals surface area (Å²) >= 11 is 11.8. The van der Waals surface area contributed by atoms with E-state index in [1.807, 2.05) is 0 Å². The Morgan fingerprint density at radius 3 is 2.60 bits per heavy atom. The van der Waals surface area contributed by atoms with Crippen molar-refractivity contribution in [3.05, 3.63) is 63.9 Å². The van der Waals surface area contributed by atoms with E-state index >= 15 is 0 Å². The summed E-state index contributed by atoms with van der Waals surface area (Å²) in [5.74, 6) is -0.726. The molecule has 0 bridgehead atoms. The SMILES string of the molecule is O=C(NC[C@@H]1CC(=O)N(c2ccc(F)cc2)C1)c1ccc(Cl)cc1Cl. The van der Waals surface area contributed by atoms with Gasteiger partial charge in [0, 0.05) is 36.1 Å². The number of amides is 2. The molecule has 0 aromatic heterocycles. The zero-order valence-corrected chi connectivity index (χ0v) is 14.6. The van der Waals surface area contributed by atoms with Crippen LogP contribution < -0.4 is 10.2 Å². The standard InChI is InChI=1S/C18H15Cl2FN2O2/c19-12-1-6-15(16(20)8-12)18(25)22-9-11-7-17(24)23(10-11)14-4-2-13(21)3-5-14/h1-6,8,11H,7,9-10H2,(H,22,25)/t11-/m0/s1. The lowest BCUT2D eigenvalue weighted by Gasteiger charge is -2.17. The van der Waals surface area contributed by atoms with Crippen LogP contribution in [0.25, 0.3) is 0 Å². The van der Waals surface area contributed by atoms with Crippen LogP contribution in [0.3, 0.4) is 0 Å². The van der Waals surface area contributed by atoms with Crippen molar-refractivity contribution >= 4 is 40.7 Å². The molecule has 1 atom stereocenters. The second-order valence-electron chi connectivity index (χ2n) is 5.89. The largest absolute Gasteiger partial charge is 0.352 e. The van der Waals surface area contributed by atoms with E-state index in [0.717, 1.165) is 0 Å². The minimum atomic E-state index is -0.348. The summed E-state index contributed by atoms with van der Waals surface area (Å²) in [7, 11) is 0. The van der Waals surface area contributed by atoms with Crippen molar-refractivity contribution in [1.82, 2.24) is 5.32 Å². The molecule has 25 heavy (non-hydrogen) atoms. The van der Waals surface area contributed by atoms with Gasteiger partial charge in [0.25, 0.3) is 5.91 Å². The van der Waals surface area contributed by atoms with Gasteiger partial charge < -0.3 is 10.2 Å². The Labute approximate surface area is 154 Å². The monoisotopic (exact) mass is 380 g/mol. The highest BCUT2D eigenvalue weighted by Crippen LogP contribution is 2.25. The van der Waals surface area contributed by atoms with Crippen LogP contribution in [0.1, 0.15) is 16.8 Å². The van der Waals surface area contributed by atoms with Crippen LogP contribution >= 0.6 is 23.2 Å². The highest BCUT2D eigenvalue weighted by Gasteiger charge is 2.30. The molecule has 1 N–H and O–H groups in total. The normalized spacial score (nSPS) is 17.0. The summed E-state index contributed by atoms with van der Waals surface area (Å²) in [4.78, 5) is 26.0. The molecular weight excluding hydrogens is 366 g/mol. The zero-order chi connectivity index (χ0) is 18.0. The van der Waals surface area contributed by atoms with Gasteiger partial charge in [0.15, 0.2) is 0 Å². The Kier molecular flexibility index (Phi) is 5.25. The Bertz CT molecular complexity index is 811. The summed E-state index contributed by atoms with van der Waals surface area (Å²) in [5.41, 5.74) is 0.992. The molecule has 130 valence electrons. The van der Waals surface area contributed by atoms with Crippen LogP contribution in [-0.2, 0) is 4.79 Å². The van der Waals surface area contributed by atoms with Gasteiger partial charge in [-0.05, 0) is 42.5 Å². The third-order valence-corrected chi connectivity index (χ3v) is 4.62. The van der Waals surface area contributed by atoms with Crippen molar-refractivity contribution < 1.29 is 14.0 Å². The molecule has 7 heteroatoms. The molecule has 1 heterocycles. The predicted octanol–water partition coefficient (Wildman–Crippen LogP) is 3.92. The maximum absolute atomic E-state index is 13.0. The van der Waals surface area contributed by atoms with E-state index in [4.69, 9.17) is 23.2 Å². The highest BCUT2D eigenvalue weighted by molar-refractivity contribution is 6.36. The van der Waals surface area contributed by atoms with Crippen LogP contribution in [0.4, 0.5) is 10.1 Å². The molecule has 2 aromatic carbocycles. The third kappa shape index (κ3) is 4.11. The number of benzene rings is 2. The number of nitrogens with one attached hydrogen (secondary N) is 1. The van der Waals surface area contributed by atoms with Crippen molar-refractivity contribution in [2.75, 3.05) is 18.0 Å².